The highest BCUT2D eigenvalue weighted by molar-refractivity contribution is 6.34. The highest BCUT2D eigenvalue weighted by atomic mass is 35.5. The van der Waals surface area contributed by atoms with Gasteiger partial charge in [0.1, 0.15) is 5.75 Å². The lowest BCUT2D eigenvalue weighted by atomic mass is 10.1. The average molecular weight is 269 g/mol. The quantitative estimate of drug-likeness (QED) is 0.601. The molecular weight excluding hydrogens is 261 g/mol. The number of carbonyl (C=O) groups is 1. The fourth-order valence-corrected chi connectivity index (χ4v) is 1.62. The third-order valence-electron chi connectivity index (χ3n) is 1.79. The van der Waals surface area contributed by atoms with Crippen LogP contribution in [0.5, 0.6) is 5.75 Å². The van der Waals surface area contributed by atoms with E-state index < -0.39 is 12.4 Å². The van der Waals surface area contributed by atoms with Crippen LogP contribution in [0.3, 0.4) is 0 Å². The smallest absolute Gasteiger partial charge is 0.387 e. The number of ketones is 1. The molecule has 0 spiro atoms. The van der Waals surface area contributed by atoms with Crippen molar-refractivity contribution in [3.8, 4) is 5.75 Å². The van der Waals surface area contributed by atoms with E-state index in [4.69, 9.17) is 23.2 Å². The predicted molar refractivity (Wildman–Crippen MR) is 57.8 cm³/mol. The molecule has 1 rings (SSSR count). The van der Waals surface area contributed by atoms with Gasteiger partial charge in [0.25, 0.3) is 0 Å². The second-order valence-electron chi connectivity index (χ2n) is 2.85. The molecule has 0 aromatic heterocycles. The normalized spacial score (nSPS) is 10.6. The molecule has 2 nitrogen and oxygen atoms in total. The monoisotopic (exact) mass is 268 g/mol. The third kappa shape index (κ3) is 3.32. The van der Waals surface area contributed by atoms with Gasteiger partial charge in [-0.2, -0.15) is 8.78 Å². The summed E-state index contributed by atoms with van der Waals surface area (Å²) in [5.74, 6) is -0.549. The summed E-state index contributed by atoms with van der Waals surface area (Å²) in [6.45, 7) is -3.00. The van der Waals surface area contributed by atoms with Gasteiger partial charge in [-0.15, -0.1) is 11.6 Å². The third-order valence-corrected chi connectivity index (χ3v) is 2.30. The number of hydrogen-bond donors (Lipinski definition) is 0. The zero-order chi connectivity index (χ0) is 12.1. The molecule has 0 bridgehead atoms. The van der Waals surface area contributed by atoms with E-state index in [9.17, 15) is 13.6 Å². The van der Waals surface area contributed by atoms with Gasteiger partial charge in [0, 0.05) is 12.3 Å². The Balaban J connectivity index is 3.07. The van der Waals surface area contributed by atoms with E-state index in [-0.39, 0.29) is 28.6 Å². The van der Waals surface area contributed by atoms with E-state index in [1.165, 1.54) is 18.2 Å². The van der Waals surface area contributed by atoms with Gasteiger partial charge in [0.05, 0.1) is 10.6 Å². The van der Waals surface area contributed by atoms with E-state index >= 15 is 0 Å². The van der Waals surface area contributed by atoms with Crippen LogP contribution in [0.2, 0.25) is 5.02 Å². The van der Waals surface area contributed by atoms with Gasteiger partial charge in [0.2, 0.25) is 0 Å². The predicted octanol–water partition coefficient (Wildman–Crippen LogP) is 3.75. The van der Waals surface area contributed by atoms with Gasteiger partial charge in [-0.25, -0.2) is 0 Å². The SMILES string of the molecule is O=C(CCCl)c1c(Cl)cccc1OC(F)F. The van der Waals surface area contributed by atoms with E-state index in [1.807, 2.05) is 0 Å². The molecule has 0 N–H and O–H groups in total. The second-order valence-corrected chi connectivity index (χ2v) is 3.64. The van der Waals surface area contributed by atoms with Gasteiger partial charge in [-0.05, 0) is 12.1 Å². The topological polar surface area (TPSA) is 26.3 Å². The van der Waals surface area contributed by atoms with E-state index in [0.29, 0.717) is 0 Å². The van der Waals surface area contributed by atoms with Crippen LogP contribution in [0.1, 0.15) is 16.8 Å². The minimum absolute atomic E-state index is 0.0187. The van der Waals surface area contributed by atoms with Gasteiger partial charge in [-0.3, -0.25) is 4.79 Å². The fourth-order valence-electron chi connectivity index (χ4n) is 1.18. The Kier molecular flexibility index (Phi) is 4.96. The molecule has 0 aliphatic rings. The lowest BCUT2D eigenvalue weighted by Gasteiger charge is -2.10. The largest absolute Gasteiger partial charge is 0.434 e. The zero-order valence-electron chi connectivity index (χ0n) is 8.05. The van der Waals surface area contributed by atoms with Gasteiger partial charge in [-0.1, -0.05) is 17.7 Å². The number of ether oxygens (including phenoxy) is 1. The molecule has 0 radical (unpaired) electrons. The van der Waals surface area contributed by atoms with E-state index in [1.54, 1.807) is 0 Å². The molecule has 1 aromatic carbocycles. The van der Waals surface area contributed by atoms with E-state index in [2.05, 4.69) is 4.74 Å². The number of halogens is 4. The summed E-state index contributed by atoms with van der Waals surface area (Å²) >= 11 is 11.2. The van der Waals surface area contributed by atoms with Crippen molar-refractivity contribution < 1.29 is 18.3 Å². The fraction of sp³-hybridized carbons (Fsp3) is 0.300. The van der Waals surface area contributed by atoms with Crippen molar-refractivity contribution in [3.63, 3.8) is 0 Å². The van der Waals surface area contributed by atoms with Crippen molar-refractivity contribution in [1.29, 1.82) is 0 Å². The molecule has 0 heterocycles. The van der Waals surface area contributed by atoms with Crippen LogP contribution < -0.4 is 4.74 Å². The molecule has 0 amide bonds. The van der Waals surface area contributed by atoms with Crippen LogP contribution in [0.25, 0.3) is 0 Å². The first-order valence-corrected chi connectivity index (χ1v) is 5.30. The second kappa shape index (κ2) is 6.01. The first-order chi connectivity index (χ1) is 7.56. The maximum atomic E-state index is 12.1. The first kappa shape index (κ1) is 13.2. The Labute approximate surface area is 101 Å². The van der Waals surface area contributed by atoms with Crippen molar-refractivity contribution in [2.75, 3.05) is 5.88 Å². The minimum Gasteiger partial charge on any atom is -0.434 e. The molecule has 6 heteroatoms. The Morgan fingerprint density at radius 1 is 1.44 bits per heavy atom. The Morgan fingerprint density at radius 2 is 2.12 bits per heavy atom. The minimum atomic E-state index is -3.00. The number of hydrogen-bond acceptors (Lipinski definition) is 2. The molecule has 0 atom stereocenters. The standard InChI is InChI=1S/C10H8Cl2F2O2/c11-5-4-7(15)9-6(12)2-1-3-8(9)16-10(13)14/h1-3,10H,4-5H2. The van der Waals surface area contributed by atoms with Crippen molar-refractivity contribution in [1.82, 2.24) is 0 Å². The summed E-state index contributed by atoms with van der Waals surface area (Å²) in [5, 5.41) is 0.0771. The lowest BCUT2D eigenvalue weighted by Crippen LogP contribution is -2.09. The van der Waals surface area contributed by atoms with Crippen LogP contribution in [-0.4, -0.2) is 18.3 Å². The molecule has 0 unspecified atom stereocenters. The maximum Gasteiger partial charge on any atom is 0.387 e. The molecule has 88 valence electrons. The maximum absolute atomic E-state index is 12.1. The van der Waals surface area contributed by atoms with Gasteiger partial charge < -0.3 is 4.74 Å². The highest BCUT2D eigenvalue weighted by Crippen LogP contribution is 2.29. The van der Waals surface area contributed by atoms with Gasteiger partial charge in [0.15, 0.2) is 5.78 Å². The molecule has 16 heavy (non-hydrogen) atoms. The molecule has 0 saturated carbocycles. The number of alkyl halides is 3. The average Bonchev–Trinajstić information content (AvgIpc) is 2.16. The summed E-state index contributed by atoms with van der Waals surface area (Å²) in [6, 6.07) is 4.12. The van der Waals surface area contributed by atoms with Crippen molar-refractivity contribution in [3.05, 3.63) is 28.8 Å². The number of benzene rings is 1. The zero-order valence-corrected chi connectivity index (χ0v) is 9.56. The van der Waals surface area contributed by atoms with Crippen LogP contribution in [0.15, 0.2) is 18.2 Å². The molecule has 0 fully saturated rings. The van der Waals surface area contributed by atoms with Crippen LogP contribution >= 0.6 is 23.2 Å². The van der Waals surface area contributed by atoms with Crippen molar-refractivity contribution >= 4 is 29.0 Å². The van der Waals surface area contributed by atoms with Crippen molar-refractivity contribution in [2.24, 2.45) is 0 Å². The van der Waals surface area contributed by atoms with E-state index in [0.717, 1.165) is 0 Å². The van der Waals surface area contributed by atoms with Crippen LogP contribution in [-0.2, 0) is 0 Å². The summed E-state index contributed by atoms with van der Waals surface area (Å²) in [4.78, 5) is 11.6. The number of rotatable bonds is 5. The molecule has 0 aliphatic carbocycles. The molecular formula is C10H8Cl2F2O2. The molecule has 0 saturated heterocycles. The number of Topliss-reactive ketones (excluding diaryl/α,β-unsaturated/α-hetero) is 1. The molecule has 0 aliphatic heterocycles. The lowest BCUT2D eigenvalue weighted by molar-refractivity contribution is -0.0501. The van der Waals surface area contributed by atoms with Crippen molar-refractivity contribution in [2.45, 2.75) is 13.0 Å². The first-order valence-electron chi connectivity index (χ1n) is 4.38. The van der Waals surface area contributed by atoms with Gasteiger partial charge >= 0.3 is 6.61 Å². The summed E-state index contributed by atoms with van der Waals surface area (Å²) in [7, 11) is 0. The van der Waals surface area contributed by atoms with Crippen LogP contribution in [0.4, 0.5) is 8.78 Å². The number of carbonyl (C=O) groups excluding carboxylic acids is 1. The Bertz CT molecular complexity index is 383. The highest BCUT2D eigenvalue weighted by Gasteiger charge is 2.18. The summed E-state index contributed by atoms with van der Waals surface area (Å²) in [5.41, 5.74) is -0.0508. The summed E-state index contributed by atoms with van der Waals surface area (Å²) < 4.78 is 28.4. The molecule has 1 aromatic rings. The summed E-state index contributed by atoms with van der Waals surface area (Å²) in [6.07, 6.45) is 0.0187. The Morgan fingerprint density at radius 3 is 2.69 bits per heavy atom. The van der Waals surface area contributed by atoms with Crippen LogP contribution in [0, 0.1) is 0 Å². The Hall–Kier alpha value is -0.870.